The van der Waals surface area contributed by atoms with E-state index in [0.717, 1.165) is 18.4 Å². The van der Waals surface area contributed by atoms with Gasteiger partial charge in [0.1, 0.15) is 0 Å². The van der Waals surface area contributed by atoms with E-state index in [2.05, 4.69) is 48.3 Å². The van der Waals surface area contributed by atoms with Crippen molar-refractivity contribution in [3.05, 3.63) is 53.2 Å². The van der Waals surface area contributed by atoms with E-state index in [9.17, 15) is 4.79 Å². The van der Waals surface area contributed by atoms with E-state index < -0.39 is 0 Å². The predicted octanol–water partition coefficient (Wildman–Crippen LogP) is 1.76. The topological polar surface area (TPSA) is 103 Å². The molecule has 8 nitrogen and oxygen atoms in total. The Balaban J connectivity index is 1.41. The number of hydrogen-bond donors (Lipinski definition) is 1. The van der Waals surface area contributed by atoms with Crippen molar-refractivity contribution in [2.75, 3.05) is 5.32 Å². The van der Waals surface area contributed by atoms with Crippen molar-refractivity contribution < 1.29 is 13.9 Å². The summed E-state index contributed by atoms with van der Waals surface area (Å²) in [5, 5.41) is 11.0. The number of rotatable bonds is 6. The molecule has 0 spiro atoms. The minimum atomic E-state index is -0.0688. The second-order valence-electron chi connectivity index (χ2n) is 6.08. The minimum absolute atomic E-state index is 0.0688. The number of carbonyl (C=O) groups excluding carboxylic acids is 1. The Morgan fingerprint density at radius 3 is 2.85 bits per heavy atom. The van der Waals surface area contributed by atoms with Gasteiger partial charge in [0.15, 0.2) is 6.61 Å². The highest BCUT2D eigenvalue weighted by molar-refractivity contribution is 5.51. The fourth-order valence-electron chi connectivity index (χ4n) is 3.04. The van der Waals surface area contributed by atoms with Crippen molar-refractivity contribution >= 4 is 12.4 Å². The highest BCUT2D eigenvalue weighted by Crippen LogP contribution is 2.25. The van der Waals surface area contributed by atoms with Gasteiger partial charge in [0.25, 0.3) is 18.3 Å². The van der Waals surface area contributed by atoms with Gasteiger partial charge in [0, 0.05) is 24.0 Å². The Morgan fingerprint density at radius 2 is 2.07 bits per heavy atom. The third kappa shape index (κ3) is 3.62. The zero-order chi connectivity index (χ0) is 18.6. The number of nitrogens with zero attached hydrogens (tertiary/aromatic N) is 4. The van der Waals surface area contributed by atoms with Gasteiger partial charge in [-0.05, 0) is 36.1 Å². The summed E-state index contributed by atoms with van der Waals surface area (Å²) in [7, 11) is 0. The summed E-state index contributed by atoms with van der Waals surface area (Å²) in [6.07, 6.45) is 10.4. The van der Waals surface area contributed by atoms with Gasteiger partial charge in [0.05, 0.1) is 5.56 Å². The molecule has 8 heteroatoms. The maximum absolute atomic E-state index is 10.2. The van der Waals surface area contributed by atoms with E-state index in [4.69, 9.17) is 10.8 Å². The molecule has 0 saturated heterocycles. The second kappa shape index (κ2) is 7.25. The lowest BCUT2D eigenvalue weighted by Crippen LogP contribution is -2.20. The average Bonchev–Trinajstić information content (AvgIpc) is 3.32. The number of terminal acetylenes is 1. The number of hydrogen-bond acceptors (Lipinski definition) is 8. The van der Waals surface area contributed by atoms with Crippen LogP contribution in [-0.2, 0) is 29.0 Å². The zero-order valence-corrected chi connectivity index (χ0v) is 14.3. The van der Waals surface area contributed by atoms with Crippen LogP contribution in [-0.4, -0.2) is 32.7 Å². The molecular weight excluding hydrogens is 346 g/mol. The zero-order valence-electron chi connectivity index (χ0n) is 14.3. The molecule has 1 atom stereocenters. The maximum atomic E-state index is 10.2. The summed E-state index contributed by atoms with van der Waals surface area (Å²) in [6.45, 7) is 0.253. The van der Waals surface area contributed by atoms with Crippen LogP contribution < -0.4 is 5.32 Å². The number of nitrogens with one attached hydrogen (secondary N) is 1. The van der Waals surface area contributed by atoms with E-state index >= 15 is 0 Å². The third-order valence-corrected chi connectivity index (χ3v) is 4.28. The van der Waals surface area contributed by atoms with Gasteiger partial charge < -0.3 is 14.5 Å². The Labute approximate surface area is 155 Å². The van der Waals surface area contributed by atoms with Crippen molar-refractivity contribution in [3.8, 4) is 23.8 Å². The van der Waals surface area contributed by atoms with Crippen LogP contribution >= 0.6 is 0 Å². The predicted molar refractivity (Wildman–Crippen MR) is 95.4 cm³/mol. The van der Waals surface area contributed by atoms with Crippen LogP contribution in [0.4, 0.5) is 5.95 Å². The lowest BCUT2D eigenvalue weighted by atomic mass is 10.1. The second-order valence-corrected chi connectivity index (χ2v) is 6.08. The number of aromatic nitrogens is 4. The largest absolute Gasteiger partial charge is 0.458 e. The normalized spacial score (nSPS) is 15.0. The summed E-state index contributed by atoms with van der Waals surface area (Å²) in [6, 6.07) is 6.32. The van der Waals surface area contributed by atoms with E-state index in [-0.39, 0.29) is 24.4 Å². The molecule has 2 heterocycles. The van der Waals surface area contributed by atoms with E-state index in [0.29, 0.717) is 18.0 Å². The van der Waals surface area contributed by atoms with Gasteiger partial charge in [0.2, 0.25) is 5.95 Å². The monoisotopic (exact) mass is 361 g/mol. The van der Waals surface area contributed by atoms with Crippen LogP contribution in [0.25, 0.3) is 11.5 Å². The fraction of sp³-hybridized carbons (Fsp3) is 0.211. The number of fused-ring (bicyclic) bond motifs is 1. The molecule has 0 fully saturated rings. The number of carbonyl (C=O) groups is 1. The molecule has 1 aliphatic rings. The van der Waals surface area contributed by atoms with Crippen molar-refractivity contribution in [2.45, 2.75) is 25.5 Å². The van der Waals surface area contributed by atoms with Crippen molar-refractivity contribution in [1.29, 1.82) is 0 Å². The lowest BCUT2D eigenvalue weighted by molar-refractivity contribution is -0.130. The average molecular weight is 361 g/mol. The summed E-state index contributed by atoms with van der Waals surface area (Å²) in [5.74, 6) is 3.66. The lowest BCUT2D eigenvalue weighted by Gasteiger charge is -2.11. The molecule has 0 saturated carbocycles. The number of benzene rings is 1. The van der Waals surface area contributed by atoms with Crippen LogP contribution in [0.5, 0.6) is 0 Å². The first-order chi connectivity index (χ1) is 13.2. The molecule has 4 rings (SSSR count). The first-order valence-corrected chi connectivity index (χ1v) is 8.30. The summed E-state index contributed by atoms with van der Waals surface area (Å²) in [5.41, 5.74) is 4.03. The first kappa shape index (κ1) is 16.7. The highest BCUT2D eigenvalue weighted by atomic mass is 16.5. The SMILES string of the molecule is C#Cc1ccc2c(c1)CC(Nc1ncc(-c3nnc(COC=O)o3)cn1)C2. The Morgan fingerprint density at radius 1 is 1.26 bits per heavy atom. The Bertz CT molecular complexity index is 1010. The van der Waals surface area contributed by atoms with Gasteiger partial charge >= 0.3 is 0 Å². The molecule has 0 aliphatic heterocycles. The number of anilines is 1. The van der Waals surface area contributed by atoms with Gasteiger partial charge in [-0.1, -0.05) is 12.0 Å². The molecule has 2 aromatic heterocycles. The van der Waals surface area contributed by atoms with Gasteiger partial charge in [-0.15, -0.1) is 16.6 Å². The Kier molecular flexibility index (Phi) is 4.49. The van der Waals surface area contributed by atoms with Gasteiger partial charge in [-0.3, -0.25) is 4.79 Å². The van der Waals surface area contributed by atoms with Crippen LogP contribution in [0.1, 0.15) is 22.6 Å². The molecule has 27 heavy (non-hydrogen) atoms. The number of ether oxygens (including phenoxy) is 1. The molecule has 1 N–H and O–H groups in total. The van der Waals surface area contributed by atoms with Gasteiger partial charge in [-0.2, -0.15) is 0 Å². The summed E-state index contributed by atoms with van der Waals surface area (Å²) in [4.78, 5) is 18.8. The van der Waals surface area contributed by atoms with Crippen LogP contribution in [0, 0.1) is 12.3 Å². The summed E-state index contributed by atoms with van der Waals surface area (Å²) < 4.78 is 9.96. The molecular formula is C19H15N5O3. The van der Waals surface area contributed by atoms with E-state index in [1.165, 1.54) is 11.1 Å². The van der Waals surface area contributed by atoms with Crippen LogP contribution in [0.15, 0.2) is 35.0 Å². The maximum Gasteiger partial charge on any atom is 0.293 e. The Hall–Kier alpha value is -3.73. The van der Waals surface area contributed by atoms with E-state index in [1.807, 2.05) is 6.07 Å². The fourth-order valence-corrected chi connectivity index (χ4v) is 3.04. The van der Waals surface area contributed by atoms with Crippen molar-refractivity contribution in [2.24, 2.45) is 0 Å². The van der Waals surface area contributed by atoms with Gasteiger partial charge in [-0.25, -0.2) is 9.97 Å². The standard InChI is InChI=1S/C19H15N5O3/c1-2-12-3-4-13-6-16(7-14(13)5-12)22-19-20-8-15(9-21-19)18-24-23-17(27-18)10-26-11-25/h1,3-5,8-9,11,16H,6-7,10H2,(H,20,21,22). The molecule has 1 unspecified atom stereocenters. The minimum Gasteiger partial charge on any atom is -0.458 e. The molecule has 134 valence electrons. The third-order valence-electron chi connectivity index (χ3n) is 4.28. The molecule has 0 amide bonds. The molecule has 0 bridgehead atoms. The van der Waals surface area contributed by atoms with Crippen LogP contribution in [0.2, 0.25) is 0 Å². The van der Waals surface area contributed by atoms with Crippen molar-refractivity contribution in [1.82, 2.24) is 20.2 Å². The quantitative estimate of drug-likeness (QED) is 0.523. The molecule has 0 radical (unpaired) electrons. The smallest absolute Gasteiger partial charge is 0.293 e. The molecule has 1 aromatic carbocycles. The van der Waals surface area contributed by atoms with E-state index in [1.54, 1.807) is 12.4 Å². The highest BCUT2D eigenvalue weighted by Gasteiger charge is 2.22. The van der Waals surface area contributed by atoms with Crippen LogP contribution in [0.3, 0.4) is 0 Å². The molecule has 1 aliphatic carbocycles. The van der Waals surface area contributed by atoms with Crippen molar-refractivity contribution in [3.63, 3.8) is 0 Å². The molecule has 3 aromatic rings. The first-order valence-electron chi connectivity index (χ1n) is 8.30. The summed E-state index contributed by atoms with van der Waals surface area (Å²) >= 11 is 0.